The Kier molecular flexibility index (Phi) is 14.1. The van der Waals surface area contributed by atoms with Crippen LogP contribution in [0.3, 0.4) is 0 Å². The second-order valence-electron chi connectivity index (χ2n) is 6.15. The van der Waals surface area contributed by atoms with Gasteiger partial charge in [-0.05, 0) is 38.3 Å². The Labute approximate surface area is 182 Å². The molecule has 1 aromatic rings. The quantitative estimate of drug-likeness (QED) is 0.198. The van der Waals surface area contributed by atoms with Gasteiger partial charge in [0.25, 0.3) is 0 Å². The second-order valence-corrected chi connectivity index (χ2v) is 6.15. The average molecular weight is 517 g/mol. The number of hydrogen-bond donors (Lipinski definition) is 2. The van der Waals surface area contributed by atoms with Crippen molar-refractivity contribution in [2.45, 2.75) is 45.8 Å². The fourth-order valence-corrected chi connectivity index (χ4v) is 2.32. The van der Waals surface area contributed by atoms with E-state index in [0.29, 0.717) is 45.2 Å². The third-order valence-corrected chi connectivity index (χ3v) is 3.70. The van der Waals surface area contributed by atoms with E-state index in [2.05, 4.69) is 15.6 Å². The van der Waals surface area contributed by atoms with Crippen molar-refractivity contribution in [2.75, 3.05) is 33.4 Å². The van der Waals surface area contributed by atoms with Crippen molar-refractivity contribution in [3.8, 4) is 5.75 Å². The number of benzene rings is 1. The SMILES string of the molecule is CCNC(=NCc1ccc(C)cc1OCCOC)NCCCCC(F)(F)F.I. The first-order valence-corrected chi connectivity index (χ1v) is 9.16. The molecule has 9 heteroatoms. The van der Waals surface area contributed by atoms with E-state index < -0.39 is 12.6 Å². The molecule has 1 aromatic carbocycles. The van der Waals surface area contributed by atoms with Crippen LogP contribution in [0.5, 0.6) is 5.75 Å². The van der Waals surface area contributed by atoms with E-state index in [0.717, 1.165) is 16.9 Å². The molecule has 0 aromatic heterocycles. The van der Waals surface area contributed by atoms with E-state index in [-0.39, 0.29) is 30.4 Å². The van der Waals surface area contributed by atoms with Gasteiger partial charge in [-0.2, -0.15) is 13.2 Å². The number of alkyl halides is 3. The number of hydrogen-bond acceptors (Lipinski definition) is 3. The molecule has 162 valence electrons. The molecule has 0 atom stereocenters. The van der Waals surface area contributed by atoms with Crippen molar-refractivity contribution in [1.82, 2.24) is 10.6 Å². The molecule has 0 heterocycles. The highest BCUT2D eigenvalue weighted by atomic mass is 127. The lowest BCUT2D eigenvalue weighted by molar-refractivity contribution is -0.135. The van der Waals surface area contributed by atoms with Crippen molar-refractivity contribution in [3.63, 3.8) is 0 Å². The summed E-state index contributed by atoms with van der Waals surface area (Å²) >= 11 is 0. The number of rotatable bonds is 11. The van der Waals surface area contributed by atoms with Crippen LogP contribution in [-0.4, -0.2) is 45.5 Å². The molecule has 5 nitrogen and oxygen atoms in total. The molecule has 0 spiro atoms. The van der Waals surface area contributed by atoms with Gasteiger partial charge in [0.15, 0.2) is 5.96 Å². The van der Waals surface area contributed by atoms with Gasteiger partial charge >= 0.3 is 6.18 Å². The lowest BCUT2D eigenvalue weighted by Crippen LogP contribution is -2.37. The zero-order chi connectivity index (χ0) is 20.1. The molecule has 0 bridgehead atoms. The van der Waals surface area contributed by atoms with Crippen molar-refractivity contribution in [3.05, 3.63) is 29.3 Å². The minimum absolute atomic E-state index is 0. The number of guanidine groups is 1. The summed E-state index contributed by atoms with van der Waals surface area (Å²) < 4.78 is 47.3. The van der Waals surface area contributed by atoms with Gasteiger partial charge in [-0.15, -0.1) is 24.0 Å². The molecule has 0 aliphatic carbocycles. The van der Waals surface area contributed by atoms with Crippen LogP contribution >= 0.6 is 24.0 Å². The van der Waals surface area contributed by atoms with Crippen LogP contribution in [0.25, 0.3) is 0 Å². The number of aryl methyl sites for hydroxylation is 1. The third-order valence-electron chi connectivity index (χ3n) is 3.70. The predicted molar refractivity (Wildman–Crippen MR) is 117 cm³/mol. The Bertz CT molecular complexity index is 584. The van der Waals surface area contributed by atoms with Gasteiger partial charge in [-0.1, -0.05) is 12.1 Å². The van der Waals surface area contributed by atoms with E-state index in [9.17, 15) is 13.2 Å². The van der Waals surface area contributed by atoms with Crippen molar-refractivity contribution in [2.24, 2.45) is 4.99 Å². The van der Waals surface area contributed by atoms with Crippen LogP contribution < -0.4 is 15.4 Å². The van der Waals surface area contributed by atoms with E-state index in [4.69, 9.17) is 9.47 Å². The van der Waals surface area contributed by atoms with E-state index in [1.54, 1.807) is 7.11 Å². The molecule has 0 amide bonds. The van der Waals surface area contributed by atoms with Crippen LogP contribution in [0.1, 0.15) is 37.3 Å². The Morgan fingerprint density at radius 3 is 2.54 bits per heavy atom. The highest BCUT2D eigenvalue weighted by Crippen LogP contribution is 2.22. The fourth-order valence-electron chi connectivity index (χ4n) is 2.32. The van der Waals surface area contributed by atoms with E-state index >= 15 is 0 Å². The fraction of sp³-hybridized carbons (Fsp3) is 0.632. The number of unbranched alkanes of at least 4 members (excludes halogenated alkanes) is 1. The second kappa shape index (κ2) is 14.7. The Morgan fingerprint density at radius 2 is 1.89 bits per heavy atom. The summed E-state index contributed by atoms with van der Waals surface area (Å²) in [5.74, 6) is 1.34. The molecule has 0 saturated carbocycles. The van der Waals surface area contributed by atoms with Crippen molar-refractivity contribution in [1.29, 1.82) is 0 Å². The summed E-state index contributed by atoms with van der Waals surface area (Å²) in [5.41, 5.74) is 2.02. The highest BCUT2D eigenvalue weighted by molar-refractivity contribution is 14.0. The molecule has 0 radical (unpaired) electrons. The Morgan fingerprint density at radius 1 is 1.14 bits per heavy atom. The summed E-state index contributed by atoms with van der Waals surface area (Å²) in [6, 6.07) is 5.91. The lowest BCUT2D eigenvalue weighted by atomic mass is 10.1. The molecule has 0 aliphatic rings. The summed E-state index contributed by atoms with van der Waals surface area (Å²) in [6.07, 6.45) is -4.32. The molecular formula is C19H31F3IN3O2. The first kappa shape index (κ1) is 26.8. The molecule has 1 rings (SSSR count). The van der Waals surface area contributed by atoms with Gasteiger partial charge in [-0.25, -0.2) is 4.99 Å². The first-order valence-electron chi connectivity index (χ1n) is 9.16. The summed E-state index contributed by atoms with van der Waals surface area (Å²) in [7, 11) is 1.62. The van der Waals surface area contributed by atoms with Crippen LogP contribution in [-0.2, 0) is 11.3 Å². The lowest BCUT2D eigenvalue weighted by Gasteiger charge is -2.14. The largest absolute Gasteiger partial charge is 0.491 e. The maximum Gasteiger partial charge on any atom is 0.389 e. The minimum atomic E-state index is -4.09. The van der Waals surface area contributed by atoms with Crippen LogP contribution in [0.15, 0.2) is 23.2 Å². The summed E-state index contributed by atoms with van der Waals surface area (Å²) in [6.45, 7) is 6.38. The molecule has 0 aliphatic heterocycles. The van der Waals surface area contributed by atoms with Gasteiger partial charge < -0.3 is 20.1 Å². The maximum absolute atomic E-state index is 12.2. The average Bonchev–Trinajstić information content (AvgIpc) is 2.59. The summed E-state index contributed by atoms with van der Waals surface area (Å²) in [5, 5.41) is 6.17. The van der Waals surface area contributed by atoms with Gasteiger partial charge in [-0.3, -0.25) is 0 Å². The third kappa shape index (κ3) is 12.3. The topological polar surface area (TPSA) is 54.9 Å². The first-order chi connectivity index (χ1) is 12.9. The van der Waals surface area contributed by atoms with Crippen LogP contribution in [0.4, 0.5) is 13.2 Å². The van der Waals surface area contributed by atoms with Crippen LogP contribution in [0.2, 0.25) is 0 Å². The Hall–Kier alpha value is -1.23. The van der Waals surface area contributed by atoms with Gasteiger partial charge in [0.2, 0.25) is 0 Å². The predicted octanol–water partition coefficient (Wildman–Crippen LogP) is 4.43. The molecular weight excluding hydrogens is 486 g/mol. The highest BCUT2D eigenvalue weighted by Gasteiger charge is 2.25. The molecule has 0 unspecified atom stereocenters. The standard InChI is InChI=1S/C19H30F3N3O2.HI/c1-4-23-18(24-10-6-5-9-19(20,21)22)25-14-16-8-7-15(2)13-17(16)27-12-11-26-3;/h7-8,13H,4-6,9-12,14H2,1-3H3,(H2,23,24,25);1H. The van der Waals surface area contributed by atoms with Crippen LogP contribution in [0, 0.1) is 6.92 Å². The monoisotopic (exact) mass is 517 g/mol. The van der Waals surface area contributed by atoms with E-state index in [1.165, 1.54) is 0 Å². The zero-order valence-corrected chi connectivity index (χ0v) is 19.0. The van der Waals surface area contributed by atoms with E-state index in [1.807, 2.05) is 32.0 Å². The zero-order valence-electron chi connectivity index (χ0n) is 16.7. The normalized spacial score (nSPS) is 11.7. The van der Waals surface area contributed by atoms with Crippen molar-refractivity contribution < 1.29 is 22.6 Å². The van der Waals surface area contributed by atoms with Gasteiger partial charge in [0, 0.05) is 32.2 Å². The van der Waals surface area contributed by atoms with Crippen molar-refractivity contribution >= 4 is 29.9 Å². The number of halogens is 4. The molecule has 0 saturated heterocycles. The summed E-state index contributed by atoms with van der Waals surface area (Å²) in [4.78, 5) is 4.51. The number of ether oxygens (including phenoxy) is 2. The maximum atomic E-state index is 12.2. The smallest absolute Gasteiger partial charge is 0.389 e. The van der Waals surface area contributed by atoms with Gasteiger partial charge in [0.1, 0.15) is 12.4 Å². The number of nitrogens with zero attached hydrogens (tertiary/aromatic N) is 1. The molecule has 2 N–H and O–H groups in total. The molecule has 28 heavy (non-hydrogen) atoms. The Balaban J connectivity index is 0.00000729. The minimum Gasteiger partial charge on any atom is -0.491 e. The molecule has 0 fully saturated rings. The number of methoxy groups -OCH3 is 1. The number of aliphatic imine (C=N–C) groups is 1. The number of nitrogens with one attached hydrogen (secondary N) is 2. The van der Waals surface area contributed by atoms with Gasteiger partial charge in [0.05, 0.1) is 13.2 Å².